The molecule has 0 aliphatic heterocycles. The third kappa shape index (κ3) is 4.75. The van der Waals surface area contributed by atoms with E-state index in [1.54, 1.807) is 0 Å². The van der Waals surface area contributed by atoms with Crippen LogP contribution in [0.1, 0.15) is 0 Å². The lowest BCUT2D eigenvalue weighted by molar-refractivity contribution is 0.669. The monoisotopic (exact) mass is 601 g/mol. The highest BCUT2D eigenvalue weighted by molar-refractivity contribution is 6.09. The van der Waals surface area contributed by atoms with Crippen molar-refractivity contribution in [3.05, 3.63) is 164 Å². The zero-order valence-electron chi connectivity index (χ0n) is 25.3. The maximum absolute atomic E-state index is 6.43. The van der Waals surface area contributed by atoms with Gasteiger partial charge in [0.05, 0.1) is 5.56 Å². The summed E-state index contributed by atoms with van der Waals surface area (Å²) in [5.74, 6) is 1.79. The molecular weight excluding hydrogens is 574 g/mol. The van der Waals surface area contributed by atoms with Crippen molar-refractivity contribution < 1.29 is 4.42 Å². The second kappa shape index (κ2) is 11.2. The van der Waals surface area contributed by atoms with E-state index in [0.717, 1.165) is 60.5 Å². The van der Waals surface area contributed by atoms with Crippen molar-refractivity contribution in [1.29, 1.82) is 0 Å². The van der Waals surface area contributed by atoms with Gasteiger partial charge < -0.3 is 4.42 Å². The third-order valence-corrected chi connectivity index (χ3v) is 8.78. The lowest BCUT2D eigenvalue weighted by atomic mass is 9.94. The van der Waals surface area contributed by atoms with E-state index in [4.69, 9.17) is 19.4 Å². The number of furan rings is 1. The SMILES string of the molecule is c1ccc(-c2ccc(-c3nc(-c4ccc(-c5ccccc5)c5ccccc45)nc(-c4cccc5c4oc4ccccc45)n3)cc2)cc1. The number of aromatic nitrogens is 3. The minimum Gasteiger partial charge on any atom is -0.455 e. The molecule has 0 fully saturated rings. The maximum atomic E-state index is 6.43. The highest BCUT2D eigenvalue weighted by atomic mass is 16.3. The molecule has 0 bridgehead atoms. The van der Waals surface area contributed by atoms with Gasteiger partial charge in [0.2, 0.25) is 0 Å². The molecule has 47 heavy (non-hydrogen) atoms. The molecule has 0 spiro atoms. The third-order valence-electron chi connectivity index (χ3n) is 8.78. The van der Waals surface area contributed by atoms with Crippen LogP contribution >= 0.6 is 0 Å². The van der Waals surface area contributed by atoms with Crippen LogP contribution in [0.2, 0.25) is 0 Å². The van der Waals surface area contributed by atoms with E-state index in [1.165, 1.54) is 11.1 Å². The molecule has 9 aromatic rings. The molecule has 0 atom stereocenters. The fraction of sp³-hybridized carbons (Fsp3) is 0. The van der Waals surface area contributed by atoms with E-state index in [-0.39, 0.29) is 0 Å². The molecule has 0 N–H and O–H groups in total. The molecule has 9 rings (SSSR count). The van der Waals surface area contributed by atoms with Crippen molar-refractivity contribution in [2.75, 3.05) is 0 Å². The van der Waals surface area contributed by atoms with Crippen LogP contribution in [0, 0.1) is 0 Å². The van der Waals surface area contributed by atoms with E-state index >= 15 is 0 Å². The highest BCUT2D eigenvalue weighted by Gasteiger charge is 2.19. The second-order valence-corrected chi connectivity index (χ2v) is 11.6. The Morgan fingerprint density at radius 1 is 0.298 bits per heavy atom. The Balaban J connectivity index is 1.27. The average molecular weight is 602 g/mol. The summed E-state index contributed by atoms with van der Waals surface area (Å²) >= 11 is 0. The summed E-state index contributed by atoms with van der Waals surface area (Å²) in [6.07, 6.45) is 0. The predicted molar refractivity (Wildman–Crippen MR) is 192 cm³/mol. The van der Waals surface area contributed by atoms with Crippen LogP contribution in [0.4, 0.5) is 0 Å². The number of hydrogen-bond donors (Lipinski definition) is 0. The molecule has 0 radical (unpaired) electrons. The van der Waals surface area contributed by atoms with E-state index in [2.05, 4.69) is 121 Å². The molecule has 2 aromatic heterocycles. The summed E-state index contributed by atoms with van der Waals surface area (Å²) in [5.41, 5.74) is 8.93. The Morgan fingerprint density at radius 3 is 1.55 bits per heavy atom. The molecule has 0 saturated heterocycles. The first-order valence-electron chi connectivity index (χ1n) is 15.7. The van der Waals surface area contributed by atoms with Gasteiger partial charge in [-0.15, -0.1) is 0 Å². The molecule has 7 aromatic carbocycles. The number of para-hydroxylation sites is 2. The smallest absolute Gasteiger partial charge is 0.167 e. The molecule has 2 heterocycles. The molecule has 0 saturated carbocycles. The van der Waals surface area contributed by atoms with Gasteiger partial charge in [0.25, 0.3) is 0 Å². The molecule has 220 valence electrons. The van der Waals surface area contributed by atoms with Crippen LogP contribution in [-0.2, 0) is 0 Å². The molecule has 0 amide bonds. The van der Waals surface area contributed by atoms with E-state index < -0.39 is 0 Å². The summed E-state index contributed by atoms with van der Waals surface area (Å²) < 4.78 is 6.43. The first kappa shape index (κ1) is 27.0. The van der Waals surface area contributed by atoms with Crippen LogP contribution in [0.5, 0.6) is 0 Å². The Morgan fingerprint density at radius 2 is 0.809 bits per heavy atom. The van der Waals surface area contributed by atoms with Gasteiger partial charge in [0.1, 0.15) is 11.2 Å². The number of hydrogen-bond acceptors (Lipinski definition) is 4. The Kier molecular flexibility index (Phi) is 6.43. The van der Waals surface area contributed by atoms with Crippen molar-refractivity contribution in [3.63, 3.8) is 0 Å². The summed E-state index contributed by atoms with van der Waals surface area (Å²) in [5, 5.41) is 4.33. The van der Waals surface area contributed by atoms with Crippen molar-refractivity contribution in [1.82, 2.24) is 15.0 Å². The van der Waals surface area contributed by atoms with Crippen molar-refractivity contribution >= 4 is 32.7 Å². The highest BCUT2D eigenvalue weighted by Crippen LogP contribution is 2.38. The Labute approximate surface area is 271 Å². The van der Waals surface area contributed by atoms with Gasteiger partial charge in [-0.1, -0.05) is 146 Å². The summed E-state index contributed by atoms with van der Waals surface area (Å²) in [7, 11) is 0. The number of rotatable bonds is 5. The maximum Gasteiger partial charge on any atom is 0.167 e. The number of benzene rings is 7. The molecular formula is C43H27N3O. The minimum absolute atomic E-state index is 0.568. The molecule has 4 nitrogen and oxygen atoms in total. The summed E-state index contributed by atoms with van der Waals surface area (Å²) in [6.45, 7) is 0. The van der Waals surface area contributed by atoms with Gasteiger partial charge in [-0.05, 0) is 51.2 Å². The van der Waals surface area contributed by atoms with Crippen molar-refractivity contribution in [2.45, 2.75) is 0 Å². The lowest BCUT2D eigenvalue weighted by Gasteiger charge is -2.13. The van der Waals surface area contributed by atoms with E-state index in [9.17, 15) is 0 Å². The molecule has 4 heteroatoms. The molecule has 0 aliphatic carbocycles. The van der Waals surface area contributed by atoms with Gasteiger partial charge in [0, 0.05) is 21.9 Å². The minimum atomic E-state index is 0.568. The summed E-state index contributed by atoms with van der Waals surface area (Å²) in [4.78, 5) is 15.4. The van der Waals surface area contributed by atoms with Gasteiger partial charge >= 0.3 is 0 Å². The van der Waals surface area contributed by atoms with Crippen LogP contribution in [0.25, 0.3) is 89.1 Å². The van der Waals surface area contributed by atoms with E-state index in [0.29, 0.717) is 17.5 Å². The van der Waals surface area contributed by atoms with Crippen LogP contribution < -0.4 is 0 Å². The zero-order chi connectivity index (χ0) is 31.2. The molecule has 0 unspecified atom stereocenters. The Hall–Kier alpha value is -6.39. The average Bonchev–Trinajstić information content (AvgIpc) is 3.54. The molecule has 0 aliphatic rings. The van der Waals surface area contributed by atoms with Crippen LogP contribution in [-0.4, -0.2) is 15.0 Å². The van der Waals surface area contributed by atoms with Crippen LogP contribution in [0.15, 0.2) is 168 Å². The fourth-order valence-corrected chi connectivity index (χ4v) is 6.48. The van der Waals surface area contributed by atoms with Gasteiger partial charge in [0.15, 0.2) is 17.5 Å². The Bertz CT molecular complexity index is 2550. The largest absolute Gasteiger partial charge is 0.455 e. The number of nitrogens with zero attached hydrogens (tertiary/aromatic N) is 3. The van der Waals surface area contributed by atoms with Crippen LogP contribution in [0.3, 0.4) is 0 Å². The first-order valence-corrected chi connectivity index (χ1v) is 15.7. The second-order valence-electron chi connectivity index (χ2n) is 11.6. The first-order chi connectivity index (χ1) is 23.3. The zero-order valence-corrected chi connectivity index (χ0v) is 25.3. The van der Waals surface area contributed by atoms with Gasteiger partial charge in [-0.25, -0.2) is 15.0 Å². The normalized spacial score (nSPS) is 11.4. The fourth-order valence-electron chi connectivity index (χ4n) is 6.48. The number of fused-ring (bicyclic) bond motifs is 4. The van der Waals surface area contributed by atoms with Crippen molar-refractivity contribution in [2.24, 2.45) is 0 Å². The van der Waals surface area contributed by atoms with Gasteiger partial charge in [-0.3, -0.25) is 0 Å². The summed E-state index contributed by atoms with van der Waals surface area (Å²) in [6, 6.07) is 56.3. The van der Waals surface area contributed by atoms with Gasteiger partial charge in [-0.2, -0.15) is 0 Å². The lowest BCUT2D eigenvalue weighted by Crippen LogP contribution is -2.01. The topological polar surface area (TPSA) is 51.8 Å². The predicted octanol–water partition coefficient (Wildman–Crippen LogP) is 11.3. The van der Waals surface area contributed by atoms with E-state index in [1.807, 2.05) is 42.5 Å². The standard InChI is InChI=1S/C43H27N3O/c1-3-12-28(13-4-1)29-22-24-31(25-23-29)41-44-42(37-27-26-32(30-14-5-2-6-15-30)33-16-7-8-17-34(33)37)46-43(45-41)38-20-11-19-36-35-18-9-10-21-39(35)47-40(36)38/h1-27H. The quantitative estimate of drug-likeness (QED) is 0.197. The van der Waals surface area contributed by atoms with Crippen molar-refractivity contribution in [3.8, 4) is 56.4 Å².